The Morgan fingerprint density at radius 1 is 1.21 bits per heavy atom. The summed E-state index contributed by atoms with van der Waals surface area (Å²) in [5.41, 5.74) is -0.325. The number of amides is 1. The Labute approximate surface area is 171 Å². The number of methoxy groups -OCH3 is 1. The first-order valence-corrected chi connectivity index (χ1v) is 10.6. The Morgan fingerprint density at radius 3 is 2.55 bits per heavy atom. The number of rotatable bonds is 6. The molecule has 3 saturated heterocycles. The molecule has 0 radical (unpaired) electrons. The van der Waals surface area contributed by atoms with E-state index in [0.29, 0.717) is 34.1 Å². The Morgan fingerprint density at radius 2 is 1.90 bits per heavy atom. The summed E-state index contributed by atoms with van der Waals surface area (Å²) < 4.78 is 16.9. The van der Waals surface area contributed by atoms with Crippen molar-refractivity contribution < 1.29 is 19.0 Å². The van der Waals surface area contributed by atoms with E-state index in [-0.39, 0.29) is 16.9 Å². The van der Waals surface area contributed by atoms with Gasteiger partial charge >= 0.3 is 0 Å². The van der Waals surface area contributed by atoms with Crippen molar-refractivity contribution in [3.63, 3.8) is 0 Å². The van der Waals surface area contributed by atoms with E-state index >= 15 is 0 Å². The molecule has 3 aliphatic carbocycles. The van der Waals surface area contributed by atoms with Gasteiger partial charge in [0.25, 0.3) is 0 Å². The van der Waals surface area contributed by atoms with Crippen LogP contribution in [0.1, 0.15) is 25.7 Å². The van der Waals surface area contributed by atoms with E-state index in [4.69, 9.17) is 14.2 Å². The summed E-state index contributed by atoms with van der Waals surface area (Å²) in [7, 11) is 1.71. The molecule has 8 rings (SSSR count). The normalized spacial score (nSPS) is 33.9. The second kappa shape index (κ2) is 6.10. The van der Waals surface area contributed by atoms with Crippen molar-refractivity contribution in [3.8, 4) is 10.8 Å². The van der Waals surface area contributed by atoms with Crippen LogP contribution in [0.5, 0.6) is 10.8 Å². The highest BCUT2D eigenvalue weighted by Gasteiger charge is 2.72. The highest BCUT2D eigenvalue weighted by Crippen LogP contribution is 2.69. The van der Waals surface area contributed by atoms with Crippen molar-refractivity contribution in [2.45, 2.75) is 43.5 Å². The number of piperidine rings is 1. The number of ether oxygens (including phenoxy) is 3. The monoisotopic (exact) mass is 415 g/mol. The standard InChI is InChI=1S/C19H21N5O4S/c1-26-19-8-18(9-19,10-19)15(25)23-17-22-5-14(29-17)28-13-3-20-16(21-4-13)24-6-11-2-12(7-24)27-11/h3-5,11-12H,2,6-10H2,1H3,(H,22,23,25). The molecule has 29 heavy (non-hydrogen) atoms. The number of hydrogen-bond acceptors (Lipinski definition) is 9. The third kappa shape index (κ3) is 2.81. The molecule has 10 heteroatoms. The maximum Gasteiger partial charge on any atom is 0.232 e. The van der Waals surface area contributed by atoms with Crippen molar-refractivity contribution in [3.05, 3.63) is 18.6 Å². The maximum absolute atomic E-state index is 12.5. The summed E-state index contributed by atoms with van der Waals surface area (Å²) in [6.07, 6.45) is 9.07. The molecule has 6 fully saturated rings. The second-order valence-electron chi connectivity index (χ2n) is 8.48. The lowest BCUT2D eigenvalue weighted by Crippen LogP contribution is -2.72. The van der Waals surface area contributed by atoms with Crippen LogP contribution in [0.4, 0.5) is 11.1 Å². The minimum absolute atomic E-state index is 0.0218. The third-order valence-electron chi connectivity index (χ3n) is 6.48. The molecule has 4 bridgehead atoms. The van der Waals surface area contributed by atoms with E-state index in [1.54, 1.807) is 25.7 Å². The zero-order chi connectivity index (χ0) is 19.6. The van der Waals surface area contributed by atoms with Gasteiger partial charge in [-0.05, 0) is 19.3 Å². The van der Waals surface area contributed by atoms with Gasteiger partial charge in [-0.25, -0.2) is 15.0 Å². The summed E-state index contributed by atoms with van der Waals surface area (Å²) in [4.78, 5) is 27.7. The number of fused-ring (bicyclic) bond motifs is 2. The average molecular weight is 415 g/mol. The van der Waals surface area contributed by atoms with E-state index in [1.807, 2.05) is 0 Å². The Bertz CT molecular complexity index is 928. The number of morpholine rings is 1. The lowest BCUT2D eigenvalue weighted by molar-refractivity contribution is -0.260. The molecule has 3 saturated carbocycles. The van der Waals surface area contributed by atoms with Crippen LogP contribution in [-0.4, -0.2) is 58.9 Å². The Hall–Kier alpha value is -2.30. The molecule has 152 valence electrons. The molecule has 0 aromatic carbocycles. The van der Waals surface area contributed by atoms with Crippen LogP contribution in [0.15, 0.2) is 18.6 Å². The maximum atomic E-state index is 12.5. The number of nitrogens with zero attached hydrogens (tertiary/aromatic N) is 4. The predicted molar refractivity (Wildman–Crippen MR) is 104 cm³/mol. The van der Waals surface area contributed by atoms with Gasteiger partial charge in [-0.15, -0.1) is 0 Å². The number of thiazole rings is 1. The molecule has 2 aromatic heterocycles. The van der Waals surface area contributed by atoms with Crippen LogP contribution in [0.25, 0.3) is 0 Å². The van der Waals surface area contributed by atoms with Gasteiger partial charge in [-0.2, -0.15) is 0 Å². The van der Waals surface area contributed by atoms with Gasteiger partial charge in [0.05, 0.1) is 41.8 Å². The van der Waals surface area contributed by atoms with Crippen LogP contribution in [0.3, 0.4) is 0 Å². The molecule has 1 amide bonds. The number of aromatic nitrogens is 3. The molecule has 5 heterocycles. The van der Waals surface area contributed by atoms with Crippen molar-refractivity contribution in [2.75, 3.05) is 30.4 Å². The smallest absolute Gasteiger partial charge is 0.232 e. The van der Waals surface area contributed by atoms with Crippen LogP contribution >= 0.6 is 11.3 Å². The average Bonchev–Trinajstić information content (AvgIpc) is 3.07. The second-order valence-corrected chi connectivity index (χ2v) is 9.47. The van der Waals surface area contributed by atoms with Crippen molar-refractivity contribution in [1.82, 2.24) is 15.0 Å². The zero-order valence-corrected chi connectivity index (χ0v) is 16.8. The Kier molecular flexibility index (Phi) is 3.69. The minimum Gasteiger partial charge on any atom is -0.442 e. The molecule has 6 aliphatic rings. The summed E-state index contributed by atoms with van der Waals surface area (Å²) >= 11 is 1.29. The van der Waals surface area contributed by atoms with Crippen molar-refractivity contribution in [2.24, 2.45) is 5.41 Å². The fraction of sp³-hybridized carbons (Fsp3) is 0.579. The molecule has 2 aromatic rings. The number of carbonyl (C=O) groups is 1. The summed E-state index contributed by atoms with van der Waals surface area (Å²) in [6.45, 7) is 1.67. The largest absolute Gasteiger partial charge is 0.442 e. The topological polar surface area (TPSA) is 98.7 Å². The van der Waals surface area contributed by atoms with Gasteiger partial charge in [0, 0.05) is 26.6 Å². The van der Waals surface area contributed by atoms with Crippen LogP contribution in [0.2, 0.25) is 0 Å². The third-order valence-corrected chi connectivity index (χ3v) is 7.27. The van der Waals surface area contributed by atoms with Crippen molar-refractivity contribution in [1.29, 1.82) is 0 Å². The van der Waals surface area contributed by atoms with E-state index in [2.05, 4.69) is 25.2 Å². The van der Waals surface area contributed by atoms with Crippen LogP contribution in [-0.2, 0) is 14.3 Å². The van der Waals surface area contributed by atoms with Gasteiger partial charge in [0.15, 0.2) is 10.9 Å². The SMILES string of the molecule is COC12CC(C(=O)Nc3ncc(Oc4cnc(N5CC6CC(C5)O6)nc4)s3)(C1)C2. The quantitative estimate of drug-likeness (QED) is 0.767. The van der Waals surface area contributed by atoms with Crippen molar-refractivity contribution >= 4 is 28.3 Å². The summed E-state index contributed by atoms with van der Waals surface area (Å²) in [6, 6.07) is 0. The molecule has 2 unspecified atom stereocenters. The zero-order valence-electron chi connectivity index (χ0n) is 16.0. The Balaban J connectivity index is 1.06. The minimum atomic E-state index is -0.271. The number of nitrogens with one attached hydrogen (secondary N) is 1. The number of hydrogen-bond donors (Lipinski definition) is 1. The van der Waals surface area contributed by atoms with E-state index in [0.717, 1.165) is 38.8 Å². The van der Waals surface area contributed by atoms with E-state index in [1.165, 1.54) is 11.3 Å². The predicted octanol–water partition coefficient (Wildman–Crippen LogP) is 2.21. The number of anilines is 2. The molecular formula is C19H21N5O4S. The molecule has 2 atom stereocenters. The van der Waals surface area contributed by atoms with Gasteiger partial charge in [0.1, 0.15) is 0 Å². The van der Waals surface area contributed by atoms with Gasteiger partial charge in [-0.1, -0.05) is 11.3 Å². The highest BCUT2D eigenvalue weighted by atomic mass is 32.1. The first-order chi connectivity index (χ1) is 14.0. The van der Waals surface area contributed by atoms with Gasteiger partial charge < -0.3 is 24.4 Å². The van der Waals surface area contributed by atoms with E-state index in [9.17, 15) is 4.79 Å². The van der Waals surface area contributed by atoms with Crippen LogP contribution < -0.4 is 15.0 Å². The van der Waals surface area contributed by atoms with Gasteiger partial charge in [0.2, 0.25) is 16.9 Å². The fourth-order valence-corrected chi connectivity index (χ4v) is 5.59. The van der Waals surface area contributed by atoms with Gasteiger partial charge in [-0.3, -0.25) is 4.79 Å². The van der Waals surface area contributed by atoms with Crippen LogP contribution in [0, 0.1) is 5.41 Å². The molecule has 9 nitrogen and oxygen atoms in total. The lowest BCUT2D eigenvalue weighted by atomic mass is 9.41. The first kappa shape index (κ1) is 17.5. The molecule has 0 spiro atoms. The fourth-order valence-electron chi connectivity index (χ4n) is 4.91. The highest BCUT2D eigenvalue weighted by molar-refractivity contribution is 7.17. The summed E-state index contributed by atoms with van der Waals surface area (Å²) in [5, 5.41) is 4.03. The molecule has 3 aliphatic heterocycles. The molecule has 1 N–H and O–H groups in total. The van der Waals surface area contributed by atoms with E-state index < -0.39 is 0 Å². The molecular weight excluding hydrogens is 394 g/mol. The summed E-state index contributed by atoms with van der Waals surface area (Å²) in [5.74, 6) is 1.25. The number of carbonyl (C=O) groups excluding carboxylic acids is 1. The lowest BCUT2D eigenvalue weighted by Gasteiger charge is -2.67. The first-order valence-electron chi connectivity index (χ1n) is 9.78.